The predicted octanol–water partition coefficient (Wildman–Crippen LogP) is 1.61. The second kappa shape index (κ2) is 4.44. The summed E-state index contributed by atoms with van der Waals surface area (Å²) < 4.78 is 16.6. The van der Waals surface area contributed by atoms with Crippen LogP contribution in [0.3, 0.4) is 0 Å². The minimum atomic E-state index is -0.0891. The molecule has 98 valence electrons. The third kappa shape index (κ3) is 1.95. The quantitative estimate of drug-likeness (QED) is 0.797. The lowest BCUT2D eigenvalue weighted by atomic mass is 9.99. The second-order valence-electron chi connectivity index (χ2n) is 5.12. The summed E-state index contributed by atoms with van der Waals surface area (Å²) in [6.07, 6.45) is 0. The molecule has 2 aliphatic rings. The Labute approximate surface area is 107 Å². The fourth-order valence-electron chi connectivity index (χ4n) is 2.60. The summed E-state index contributed by atoms with van der Waals surface area (Å²) in [7, 11) is 1.72. The minimum Gasteiger partial charge on any atom is -0.495 e. The largest absolute Gasteiger partial charge is 0.495 e. The van der Waals surface area contributed by atoms with Crippen LogP contribution >= 0.6 is 0 Å². The van der Waals surface area contributed by atoms with Gasteiger partial charge in [-0.1, -0.05) is 6.07 Å². The average molecular weight is 249 g/mol. The van der Waals surface area contributed by atoms with Crippen LogP contribution in [0.15, 0.2) is 18.2 Å². The van der Waals surface area contributed by atoms with Crippen LogP contribution < -0.4 is 9.64 Å². The number of morpholine rings is 1. The van der Waals surface area contributed by atoms with Crippen molar-refractivity contribution in [3.05, 3.63) is 23.8 Å². The molecule has 2 fully saturated rings. The third-order valence-corrected chi connectivity index (χ3v) is 3.65. The smallest absolute Gasteiger partial charge is 0.142 e. The predicted molar refractivity (Wildman–Crippen MR) is 69.4 cm³/mol. The molecule has 4 heteroatoms. The number of hydrogen-bond donors (Lipinski definition) is 0. The van der Waals surface area contributed by atoms with Gasteiger partial charge in [-0.15, -0.1) is 0 Å². The molecule has 0 aliphatic carbocycles. The lowest BCUT2D eigenvalue weighted by molar-refractivity contribution is -0.211. The molecule has 1 spiro atoms. The highest BCUT2D eigenvalue weighted by Crippen LogP contribution is 2.34. The summed E-state index contributed by atoms with van der Waals surface area (Å²) in [5, 5.41) is 0. The van der Waals surface area contributed by atoms with Crippen molar-refractivity contribution in [2.24, 2.45) is 0 Å². The molecule has 0 radical (unpaired) electrons. The van der Waals surface area contributed by atoms with Crippen LogP contribution in [0.1, 0.15) is 5.56 Å². The van der Waals surface area contributed by atoms with Crippen molar-refractivity contribution in [1.29, 1.82) is 0 Å². The Balaban J connectivity index is 1.85. The van der Waals surface area contributed by atoms with Crippen molar-refractivity contribution in [2.45, 2.75) is 12.5 Å². The van der Waals surface area contributed by atoms with Gasteiger partial charge in [-0.3, -0.25) is 0 Å². The van der Waals surface area contributed by atoms with Gasteiger partial charge in [0.2, 0.25) is 0 Å². The number of benzene rings is 1. The molecule has 0 unspecified atom stereocenters. The zero-order chi connectivity index (χ0) is 12.6. The number of anilines is 1. The summed E-state index contributed by atoms with van der Waals surface area (Å²) in [4.78, 5) is 2.34. The Morgan fingerprint density at radius 1 is 1.33 bits per heavy atom. The first-order valence-electron chi connectivity index (χ1n) is 6.34. The Kier molecular flexibility index (Phi) is 2.92. The van der Waals surface area contributed by atoms with E-state index in [0.29, 0.717) is 13.2 Å². The summed E-state index contributed by atoms with van der Waals surface area (Å²) >= 11 is 0. The molecule has 4 nitrogen and oxygen atoms in total. The zero-order valence-electron chi connectivity index (χ0n) is 10.9. The molecule has 0 atom stereocenters. The van der Waals surface area contributed by atoms with E-state index in [2.05, 4.69) is 30.0 Å². The van der Waals surface area contributed by atoms with E-state index in [1.54, 1.807) is 7.11 Å². The van der Waals surface area contributed by atoms with E-state index in [9.17, 15) is 0 Å². The average Bonchev–Trinajstić information content (AvgIpc) is 2.37. The summed E-state index contributed by atoms with van der Waals surface area (Å²) in [6.45, 7) is 6.02. The monoisotopic (exact) mass is 249 g/mol. The fraction of sp³-hybridized carbons (Fsp3) is 0.571. The second-order valence-corrected chi connectivity index (χ2v) is 5.12. The number of methoxy groups -OCH3 is 1. The van der Waals surface area contributed by atoms with Gasteiger partial charge in [-0.2, -0.15) is 0 Å². The van der Waals surface area contributed by atoms with E-state index >= 15 is 0 Å². The van der Waals surface area contributed by atoms with Gasteiger partial charge < -0.3 is 19.1 Å². The Morgan fingerprint density at radius 2 is 2.17 bits per heavy atom. The molecule has 1 aromatic carbocycles. The SMILES string of the molecule is COc1cc(C)ccc1N1CCOC2(COC2)C1. The van der Waals surface area contributed by atoms with Gasteiger partial charge >= 0.3 is 0 Å². The molecular weight excluding hydrogens is 230 g/mol. The number of ether oxygens (including phenoxy) is 3. The minimum absolute atomic E-state index is 0.0891. The molecular formula is C14H19NO3. The van der Waals surface area contributed by atoms with Crippen molar-refractivity contribution in [2.75, 3.05) is 44.9 Å². The molecule has 2 aliphatic heterocycles. The number of hydrogen-bond acceptors (Lipinski definition) is 4. The van der Waals surface area contributed by atoms with Gasteiger partial charge in [0, 0.05) is 6.54 Å². The van der Waals surface area contributed by atoms with Crippen LogP contribution in [0.25, 0.3) is 0 Å². The van der Waals surface area contributed by atoms with E-state index in [1.807, 2.05) is 0 Å². The molecule has 0 bridgehead atoms. The van der Waals surface area contributed by atoms with Crippen LogP contribution in [0, 0.1) is 6.92 Å². The molecule has 1 aromatic rings. The Bertz CT molecular complexity index is 443. The first kappa shape index (κ1) is 11.8. The van der Waals surface area contributed by atoms with E-state index in [0.717, 1.165) is 31.1 Å². The summed E-state index contributed by atoms with van der Waals surface area (Å²) in [5.74, 6) is 0.937. The normalized spacial score (nSPS) is 21.8. The van der Waals surface area contributed by atoms with Gasteiger partial charge in [-0.25, -0.2) is 0 Å². The van der Waals surface area contributed by atoms with Crippen LogP contribution in [0.4, 0.5) is 5.69 Å². The molecule has 2 saturated heterocycles. The highest BCUT2D eigenvalue weighted by Gasteiger charge is 2.44. The number of rotatable bonds is 2. The first-order chi connectivity index (χ1) is 8.72. The van der Waals surface area contributed by atoms with Crippen molar-refractivity contribution in [3.63, 3.8) is 0 Å². The fourth-order valence-corrected chi connectivity index (χ4v) is 2.60. The van der Waals surface area contributed by atoms with E-state index in [1.165, 1.54) is 5.56 Å². The lowest BCUT2D eigenvalue weighted by Gasteiger charge is -2.48. The molecule has 0 amide bonds. The molecule has 2 heterocycles. The lowest BCUT2D eigenvalue weighted by Crippen LogP contribution is -2.63. The maximum absolute atomic E-state index is 5.84. The van der Waals surface area contributed by atoms with Crippen molar-refractivity contribution in [3.8, 4) is 5.75 Å². The molecule has 0 N–H and O–H groups in total. The van der Waals surface area contributed by atoms with E-state index < -0.39 is 0 Å². The third-order valence-electron chi connectivity index (χ3n) is 3.65. The van der Waals surface area contributed by atoms with Gasteiger partial charge in [0.05, 0.1) is 39.2 Å². The number of nitrogens with zero attached hydrogens (tertiary/aromatic N) is 1. The van der Waals surface area contributed by atoms with Gasteiger partial charge in [0.1, 0.15) is 11.4 Å². The standard InChI is InChI=1S/C14H19NO3/c1-11-3-4-12(13(7-11)16-2)15-5-6-18-14(8-15)9-17-10-14/h3-4,7H,5-6,8-10H2,1-2H3. The highest BCUT2D eigenvalue weighted by molar-refractivity contribution is 5.60. The topological polar surface area (TPSA) is 30.9 Å². The maximum atomic E-state index is 5.84. The van der Waals surface area contributed by atoms with Gasteiger partial charge in [0.25, 0.3) is 0 Å². The van der Waals surface area contributed by atoms with Gasteiger partial charge in [0.15, 0.2) is 0 Å². The number of aryl methyl sites for hydroxylation is 1. The van der Waals surface area contributed by atoms with Crippen molar-refractivity contribution < 1.29 is 14.2 Å². The van der Waals surface area contributed by atoms with Gasteiger partial charge in [-0.05, 0) is 24.6 Å². The van der Waals surface area contributed by atoms with Crippen LogP contribution in [0.2, 0.25) is 0 Å². The highest BCUT2D eigenvalue weighted by atomic mass is 16.6. The summed E-state index contributed by atoms with van der Waals surface area (Å²) in [6, 6.07) is 6.33. The van der Waals surface area contributed by atoms with Crippen LogP contribution in [-0.2, 0) is 9.47 Å². The summed E-state index contributed by atoms with van der Waals surface area (Å²) in [5.41, 5.74) is 2.27. The maximum Gasteiger partial charge on any atom is 0.142 e. The Morgan fingerprint density at radius 3 is 2.83 bits per heavy atom. The zero-order valence-corrected chi connectivity index (χ0v) is 10.9. The Hall–Kier alpha value is -1.26. The molecule has 0 saturated carbocycles. The molecule has 3 rings (SSSR count). The first-order valence-corrected chi connectivity index (χ1v) is 6.34. The molecule has 0 aromatic heterocycles. The van der Waals surface area contributed by atoms with E-state index in [-0.39, 0.29) is 5.60 Å². The van der Waals surface area contributed by atoms with Crippen LogP contribution in [-0.4, -0.2) is 45.6 Å². The van der Waals surface area contributed by atoms with E-state index in [4.69, 9.17) is 14.2 Å². The van der Waals surface area contributed by atoms with Crippen molar-refractivity contribution in [1.82, 2.24) is 0 Å². The van der Waals surface area contributed by atoms with Crippen LogP contribution in [0.5, 0.6) is 5.75 Å². The van der Waals surface area contributed by atoms with Crippen molar-refractivity contribution >= 4 is 5.69 Å². The molecule has 18 heavy (non-hydrogen) atoms.